The predicted molar refractivity (Wildman–Crippen MR) is 69.1 cm³/mol. The lowest BCUT2D eigenvalue weighted by Gasteiger charge is -2.18. The molecule has 3 rings (SSSR count). The number of carbonyl (C=O) groups excluding carboxylic acids is 3. The molecule has 3 aliphatic rings. The van der Waals surface area contributed by atoms with Gasteiger partial charge in [-0.1, -0.05) is 19.8 Å². The summed E-state index contributed by atoms with van der Waals surface area (Å²) in [5.74, 6) is 0.164. The second-order valence-corrected chi connectivity index (χ2v) is 6.50. The first-order valence-electron chi connectivity index (χ1n) is 7.46. The minimum absolute atomic E-state index is 0.0315. The van der Waals surface area contributed by atoms with Crippen molar-refractivity contribution in [1.82, 2.24) is 4.90 Å². The number of imide groups is 1. The molecule has 0 bridgehead atoms. The van der Waals surface area contributed by atoms with Crippen LogP contribution in [0.4, 0.5) is 0 Å². The van der Waals surface area contributed by atoms with Crippen molar-refractivity contribution in [3.8, 4) is 0 Å². The van der Waals surface area contributed by atoms with Crippen molar-refractivity contribution in [2.24, 2.45) is 23.7 Å². The average molecular weight is 263 g/mol. The normalized spacial score (nSPS) is 35.2. The van der Waals surface area contributed by atoms with Crippen molar-refractivity contribution in [1.29, 1.82) is 0 Å². The highest BCUT2D eigenvalue weighted by Gasteiger charge is 2.52. The summed E-state index contributed by atoms with van der Waals surface area (Å²) in [5, 5.41) is 0. The Balaban J connectivity index is 1.67. The molecule has 0 aromatic heterocycles. The first-order chi connectivity index (χ1) is 9.08. The van der Waals surface area contributed by atoms with E-state index in [1.807, 2.05) is 0 Å². The summed E-state index contributed by atoms with van der Waals surface area (Å²) in [5.41, 5.74) is 0. The summed E-state index contributed by atoms with van der Waals surface area (Å²) in [4.78, 5) is 37.9. The molecule has 0 aromatic rings. The van der Waals surface area contributed by atoms with Crippen molar-refractivity contribution in [3.63, 3.8) is 0 Å². The van der Waals surface area contributed by atoms with Gasteiger partial charge in [0.2, 0.25) is 11.8 Å². The van der Waals surface area contributed by atoms with Crippen molar-refractivity contribution >= 4 is 17.6 Å². The molecule has 0 spiro atoms. The molecule has 1 saturated heterocycles. The van der Waals surface area contributed by atoms with Crippen LogP contribution in [0.1, 0.15) is 45.4 Å². The molecule has 1 heterocycles. The maximum Gasteiger partial charge on any atom is 0.233 e. The molecule has 2 amide bonds. The molecule has 4 nitrogen and oxygen atoms in total. The Kier molecular flexibility index (Phi) is 3.19. The number of rotatable bonds is 3. The van der Waals surface area contributed by atoms with Crippen molar-refractivity contribution in [2.75, 3.05) is 6.54 Å². The third-order valence-electron chi connectivity index (χ3n) is 5.09. The number of nitrogens with zero attached hydrogens (tertiary/aromatic N) is 1. The smallest absolute Gasteiger partial charge is 0.233 e. The lowest BCUT2D eigenvalue weighted by atomic mass is 10.00. The summed E-state index contributed by atoms with van der Waals surface area (Å²) in [6.45, 7) is 2.12. The molecule has 0 N–H and O–H groups in total. The van der Waals surface area contributed by atoms with Gasteiger partial charge in [0.1, 0.15) is 0 Å². The highest BCUT2D eigenvalue weighted by molar-refractivity contribution is 6.08. The number of likely N-dealkylation sites (tertiary alicyclic amines) is 1. The van der Waals surface area contributed by atoms with Crippen LogP contribution < -0.4 is 0 Å². The van der Waals surface area contributed by atoms with Crippen LogP contribution in [-0.4, -0.2) is 29.0 Å². The van der Waals surface area contributed by atoms with Gasteiger partial charge in [-0.25, -0.2) is 0 Å². The highest BCUT2D eigenvalue weighted by atomic mass is 16.2. The van der Waals surface area contributed by atoms with Gasteiger partial charge in [0, 0.05) is 5.92 Å². The van der Waals surface area contributed by atoms with Gasteiger partial charge in [-0.3, -0.25) is 19.3 Å². The number of Topliss-reactive ketones (excluding diaryl/α,β-unsaturated/α-hetero) is 1. The van der Waals surface area contributed by atoms with Crippen LogP contribution in [-0.2, 0) is 14.4 Å². The zero-order valence-electron chi connectivity index (χ0n) is 11.4. The van der Waals surface area contributed by atoms with E-state index in [0.29, 0.717) is 5.92 Å². The number of amides is 2. The van der Waals surface area contributed by atoms with E-state index in [1.54, 1.807) is 0 Å². The molecule has 1 aliphatic heterocycles. The second-order valence-electron chi connectivity index (χ2n) is 6.50. The minimum atomic E-state index is -0.140. The summed E-state index contributed by atoms with van der Waals surface area (Å²) < 4.78 is 0. The van der Waals surface area contributed by atoms with Crippen LogP contribution in [0.15, 0.2) is 0 Å². The maximum atomic E-state index is 12.2. The van der Waals surface area contributed by atoms with Gasteiger partial charge in [-0.05, 0) is 31.6 Å². The van der Waals surface area contributed by atoms with Crippen LogP contribution in [0.2, 0.25) is 0 Å². The van der Waals surface area contributed by atoms with Gasteiger partial charge in [0.05, 0.1) is 18.4 Å². The monoisotopic (exact) mass is 263 g/mol. The summed E-state index contributed by atoms with van der Waals surface area (Å²) in [7, 11) is 0. The number of hydrogen-bond donors (Lipinski definition) is 0. The molecule has 2 unspecified atom stereocenters. The molecule has 2 atom stereocenters. The first kappa shape index (κ1) is 12.8. The number of ketones is 1. The lowest BCUT2D eigenvalue weighted by Crippen LogP contribution is -2.38. The van der Waals surface area contributed by atoms with Crippen LogP contribution in [0.25, 0.3) is 0 Å². The fraction of sp³-hybridized carbons (Fsp3) is 0.800. The second kappa shape index (κ2) is 4.73. The van der Waals surface area contributed by atoms with Crippen LogP contribution in [0, 0.1) is 23.7 Å². The Labute approximate surface area is 113 Å². The summed E-state index contributed by atoms with van der Waals surface area (Å²) >= 11 is 0. The predicted octanol–water partition coefficient (Wildman–Crippen LogP) is 1.78. The molecular weight excluding hydrogens is 242 g/mol. The molecule has 4 heteroatoms. The Hall–Kier alpha value is -1.19. The van der Waals surface area contributed by atoms with Gasteiger partial charge in [-0.2, -0.15) is 0 Å². The molecule has 104 valence electrons. The molecule has 0 radical (unpaired) electrons. The van der Waals surface area contributed by atoms with E-state index in [9.17, 15) is 14.4 Å². The summed E-state index contributed by atoms with van der Waals surface area (Å²) in [6, 6.07) is 0. The zero-order chi connectivity index (χ0) is 13.6. The Bertz CT molecular complexity index is 401. The standard InChI is InChI=1S/C15H21NO3/c1-9-6-11-12(7-9)15(19)16(14(11)18)8-13(17)10-4-2-3-5-10/h9-12H,2-8H2,1H3. The van der Waals surface area contributed by atoms with Crippen LogP contribution in [0.5, 0.6) is 0 Å². The SMILES string of the molecule is CC1CC2C(=O)N(CC(=O)C3CCCC3)C(=O)C2C1. The van der Waals surface area contributed by atoms with E-state index in [2.05, 4.69) is 6.92 Å². The lowest BCUT2D eigenvalue weighted by molar-refractivity contribution is -0.144. The molecule has 3 fully saturated rings. The van der Waals surface area contributed by atoms with Crippen molar-refractivity contribution < 1.29 is 14.4 Å². The Morgan fingerprint density at radius 2 is 1.63 bits per heavy atom. The van der Waals surface area contributed by atoms with E-state index in [0.717, 1.165) is 38.5 Å². The van der Waals surface area contributed by atoms with Gasteiger partial charge >= 0.3 is 0 Å². The topological polar surface area (TPSA) is 54.5 Å². The highest BCUT2D eigenvalue weighted by Crippen LogP contribution is 2.43. The quantitative estimate of drug-likeness (QED) is 0.729. The third kappa shape index (κ3) is 2.11. The van der Waals surface area contributed by atoms with E-state index < -0.39 is 0 Å². The Morgan fingerprint density at radius 1 is 1.11 bits per heavy atom. The fourth-order valence-corrected chi connectivity index (χ4v) is 4.04. The number of fused-ring (bicyclic) bond motifs is 1. The average Bonchev–Trinajstić information content (AvgIpc) is 3.05. The largest absolute Gasteiger partial charge is 0.297 e. The van der Waals surface area contributed by atoms with E-state index in [4.69, 9.17) is 0 Å². The van der Waals surface area contributed by atoms with Crippen molar-refractivity contribution in [3.05, 3.63) is 0 Å². The molecule has 2 aliphatic carbocycles. The first-order valence-corrected chi connectivity index (χ1v) is 7.46. The summed E-state index contributed by atoms with van der Waals surface area (Å²) in [6.07, 6.45) is 5.67. The minimum Gasteiger partial charge on any atom is -0.297 e. The van der Waals surface area contributed by atoms with Gasteiger partial charge in [0.25, 0.3) is 0 Å². The van der Waals surface area contributed by atoms with E-state index in [-0.39, 0.29) is 41.9 Å². The van der Waals surface area contributed by atoms with E-state index in [1.165, 1.54) is 4.90 Å². The van der Waals surface area contributed by atoms with Crippen LogP contribution >= 0.6 is 0 Å². The molecule has 19 heavy (non-hydrogen) atoms. The molecule has 2 saturated carbocycles. The van der Waals surface area contributed by atoms with Gasteiger partial charge in [-0.15, -0.1) is 0 Å². The van der Waals surface area contributed by atoms with Crippen molar-refractivity contribution in [2.45, 2.75) is 45.4 Å². The number of carbonyl (C=O) groups is 3. The number of hydrogen-bond acceptors (Lipinski definition) is 3. The Morgan fingerprint density at radius 3 is 2.16 bits per heavy atom. The van der Waals surface area contributed by atoms with E-state index >= 15 is 0 Å². The molecular formula is C15H21NO3. The van der Waals surface area contributed by atoms with Crippen LogP contribution in [0.3, 0.4) is 0 Å². The fourth-order valence-electron chi connectivity index (χ4n) is 4.04. The zero-order valence-corrected chi connectivity index (χ0v) is 11.4. The maximum absolute atomic E-state index is 12.2. The van der Waals surface area contributed by atoms with Gasteiger partial charge in [0.15, 0.2) is 5.78 Å². The molecule has 0 aromatic carbocycles. The third-order valence-corrected chi connectivity index (χ3v) is 5.09. The van der Waals surface area contributed by atoms with Gasteiger partial charge < -0.3 is 0 Å².